The Morgan fingerprint density at radius 3 is 2.46 bits per heavy atom. The highest BCUT2D eigenvalue weighted by atomic mass is 32.2. The van der Waals surface area contributed by atoms with Crippen LogP contribution in [-0.4, -0.2) is 99.9 Å². The maximum Gasteiger partial charge on any atom is 0.291 e. The number of carbonyl (C=O) groups is 1. The molecule has 3 heterocycles. The van der Waals surface area contributed by atoms with E-state index in [0.29, 0.717) is 48.3 Å². The molecule has 41 heavy (non-hydrogen) atoms. The maximum atomic E-state index is 13.5. The van der Waals surface area contributed by atoms with E-state index in [0.717, 1.165) is 0 Å². The van der Waals surface area contributed by atoms with Crippen molar-refractivity contribution in [2.75, 3.05) is 44.3 Å². The van der Waals surface area contributed by atoms with Gasteiger partial charge in [-0.1, -0.05) is 11.3 Å². The number of nitrogens with one attached hydrogen (secondary N) is 1. The number of aromatic nitrogens is 4. The van der Waals surface area contributed by atoms with E-state index >= 15 is 0 Å². The number of nitrogens with zero attached hydrogens (tertiary/aromatic N) is 6. The topological polar surface area (TPSA) is 163 Å². The number of ether oxygens (including phenoxy) is 1. The molecule has 3 aromatic rings. The Kier molecular flexibility index (Phi) is 7.69. The summed E-state index contributed by atoms with van der Waals surface area (Å²) >= 11 is 0.603. The van der Waals surface area contributed by atoms with Gasteiger partial charge in [-0.3, -0.25) is 4.79 Å². The molecule has 2 aromatic heterocycles. The highest BCUT2D eigenvalue weighted by Crippen LogP contribution is 2.41. The lowest BCUT2D eigenvalue weighted by Crippen LogP contribution is -2.54. The molecule has 1 saturated carbocycles. The summed E-state index contributed by atoms with van der Waals surface area (Å²) in [4.78, 5) is 16.0. The minimum atomic E-state index is -4.02. The standard InChI is InChI=1S/C24H31F2N7O6S2/c1-23(2,36)21(35)32-8-6-31(7-9-32)15-12-14(41(37,38)30-24(3)4-5-24)13-16-17(15)19(39-11-10-34)29-33(16)22-28-27-20(40-22)18(25)26/h12-13,18,30,34,36H,4-11H2,1-3H3. The smallest absolute Gasteiger partial charge is 0.291 e. The van der Waals surface area contributed by atoms with Crippen molar-refractivity contribution >= 4 is 43.9 Å². The summed E-state index contributed by atoms with van der Waals surface area (Å²) in [6.45, 7) is 5.29. The minimum Gasteiger partial charge on any atom is -0.474 e. The van der Waals surface area contributed by atoms with Gasteiger partial charge < -0.3 is 24.7 Å². The predicted octanol–water partition coefficient (Wildman–Crippen LogP) is 1.44. The van der Waals surface area contributed by atoms with Crippen molar-refractivity contribution in [2.45, 2.75) is 56.1 Å². The third-order valence-corrected chi connectivity index (χ3v) is 9.48. The first-order valence-electron chi connectivity index (χ1n) is 13.0. The van der Waals surface area contributed by atoms with Gasteiger partial charge >= 0.3 is 0 Å². The van der Waals surface area contributed by atoms with E-state index in [1.54, 1.807) is 6.92 Å². The first kappa shape index (κ1) is 29.5. The number of aliphatic hydroxyl groups excluding tert-OH is 1. The zero-order valence-corrected chi connectivity index (χ0v) is 24.3. The Balaban J connectivity index is 1.64. The van der Waals surface area contributed by atoms with Gasteiger partial charge in [0.1, 0.15) is 12.2 Å². The lowest BCUT2D eigenvalue weighted by Gasteiger charge is -2.38. The number of hydrogen-bond acceptors (Lipinski definition) is 11. The molecule has 13 nitrogen and oxygen atoms in total. The third kappa shape index (κ3) is 5.99. The first-order valence-corrected chi connectivity index (χ1v) is 15.3. The van der Waals surface area contributed by atoms with E-state index in [-0.39, 0.29) is 47.7 Å². The van der Waals surface area contributed by atoms with Gasteiger partial charge in [-0.15, -0.1) is 15.3 Å². The van der Waals surface area contributed by atoms with Crippen molar-refractivity contribution in [3.8, 4) is 11.0 Å². The fraction of sp³-hybridized carbons (Fsp3) is 0.583. The average Bonchev–Trinajstić information content (AvgIpc) is 3.28. The van der Waals surface area contributed by atoms with Crippen LogP contribution in [-0.2, 0) is 14.8 Å². The van der Waals surface area contributed by atoms with Crippen molar-refractivity contribution < 1.29 is 36.9 Å². The summed E-state index contributed by atoms with van der Waals surface area (Å²) in [5.41, 5.74) is -1.45. The van der Waals surface area contributed by atoms with Crippen LogP contribution in [0.2, 0.25) is 0 Å². The van der Waals surface area contributed by atoms with Crippen molar-refractivity contribution in [3.63, 3.8) is 0 Å². The summed E-state index contributed by atoms with van der Waals surface area (Å²) in [6, 6.07) is 2.87. The predicted molar refractivity (Wildman–Crippen MR) is 145 cm³/mol. The van der Waals surface area contributed by atoms with E-state index in [9.17, 15) is 32.2 Å². The number of hydrogen-bond donors (Lipinski definition) is 3. The number of alkyl halides is 2. The monoisotopic (exact) mass is 615 g/mol. The van der Waals surface area contributed by atoms with Crippen molar-refractivity contribution in [3.05, 3.63) is 17.1 Å². The number of carbonyl (C=O) groups excluding carboxylic acids is 1. The Bertz CT molecular complexity index is 1560. The molecule has 1 aromatic carbocycles. The number of fused-ring (bicyclic) bond motifs is 1. The van der Waals surface area contributed by atoms with Gasteiger partial charge in [-0.05, 0) is 45.7 Å². The number of piperazine rings is 1. The number of benzene rings is 1. The normalized spacial score (nSPS) is 17.5. The van der Waals surface area contributed by atoms with E-state index < -0.39 is 38.5 Å². The zero-order chi connectivity index (χ0) is 29.7. The number of anilines is 1. The van der Waals surface area contributed by atoms with Crippen LogP contribution in [0.1, 0.15) is 45.0 Å². The SMILES string of the molecule is CC1(NS(=O)(=O)c2cc(N3CCN(C(=O)C(C)(C)O)CC3)c3c(OCCO)nn(-c4nnc(C(F)F)s4)c3c2)CC1. The molecule has 224 valence electrons. The molecule has 17 heteroatoms. The van der Waals surface area contributed by atoms with Crippen molar-refractivity contribution in [1.29, 1.82) is 0 Å². The molecule has 0 spiro atoms. The molecule has 0 bridgehead atoms. The van der Waals surface area contributed by atoms with Crippen LogP contribution < -0.4 is 14.4 Å². The summed E-state index contributed by atoms with van der Waals surface area (Å²) in [5.74, 6) is -0.384. The summed E-state index contributed by atoms with van der Waals surface area (Å²) < 4.78 is 63.3. The largest absolute Gasteiger partial charge is 0.474 e. The second kappa shape index (κ2) is 10.7. The summed E-state index contributed by atoms with van der Waals surface area (Å²) in [7, 11) is -4.02. The molecular weight excluding hydrogens is 584 g/mol. The molecule has 0 radical (unpaired) electrons. The molecule has 1 aliphatic carbocycles. The molecule has 1 saturated heterocycles. The highest BCUT2D eigenvalue weighted by Gasteiger charge is 2.42. The van der Waals surface area contributed by atoms with Gasteiger partial charge in [0.2, 0.25) is 21.0 Å². The maximum absolute atomic E-state index is 13.5. The Morgan fingerprint density at radius 2 is 1.90 bits per heavy atom. The van der Waals surface area contributed by atoms with Gasteiger partial charge in [0.25, 0.3) is 12.3 Å². The molecular formula is C24H31F2N7O6S2. The van der Waals surface area contributed by atoms with Crippen LogP contribution in [0.25, 0.3) is 16.0 Å². The van der Waals surface area contributed by atoms with E-state index in [1.165, 1.54) is 35.6 Å². The van der Waals surface area contributed by atoms with Crippen LogP contribution in [0.4, 0.5) is 14.5 Å². The first-order chi connectivity index (χ1) is 19.2. The number of amides is 1. The summed E-state index contributed by atoms with van der Waals surface area (Å²) in [5, 5.41) is 31.2. The molecule has 3 N–H and O–H groups in total. The van der Waals surface area contributed by atoms with Gasteiger partial charge in [-0.2, -0.15) is 0 Å². The average molecular weight is 616 g/mol. The lowest BCUT2D eigenvalue weighted by molar-refractivity contribution is -0.148. The second-order valence-corrected chi connectivity index (χ2v) is 13.5. The Hall–Kier alpha value is -2.99. The molecule has 2 fully saturated rings. The van der Waals surface area contributed by atoms with Crippen molar-refractivity contribution in [1.82, 2.24) is 29.6 Å². The lowest BCUT2D eigenvalue weighted by atomic mass is 10.1. The number of sulfonamides is 1. The van der Waals surface area contributed by atoms with Gasteiger partial charge in [-0.25, -0.2) is 26.6 Å². The number of rotatable bonds is 10. The zero-order valence-electron chi connectivity index (χ0n) is 22.7. The molecule has 0 atom stereocenters. The quantitative estimate of drug-likeness (QED) is 0.304. The fourth-order valence-electron chi connectivity index (χ4n) is 4.57. The number of halogens is 2. The molecule has 1 aliphatic heterocycles. The second-order valence-electron chi connectivity index (χ2n) is 10.9. The highest BCUT2D eigenvalue weighted by molar-refractivity contribution is 7.89. The molecule has 0 unspecified atom stereocenters. The Labute approximate surface area is 238 Å². The molecule has 1 amide bonds. The van der Waals surface area contributed by atoms with E-state index in [2.05, 4.69) is 20.0 Å². The summed E-state index contributed by atoms with van der Waals surface area (Å²) in [6.07, 6.45) is -1.47. The van der Waals surface area contributed by atoms with Crippen LogP contribution in [0.3, 0.4) is 0 Å². The minimum absolute atomic E-state index is 0.0210. The van der Waals surface area contributed by atoms with Crippen LogP contribution >= 0.6 is 11.3 Å². The van der Waals surface area contributed by atoms with Crippen LogP contribution in [0.5, 0.6) is 5.88 Å². The van der Waals surface area contributed by atoms with E-state index in [4.69, 9.17) is 4.74 Å². The van der Waals surface area contributed by atoms with Gasteiger partial charge in [0, 0.05) is 31.7 Å². The van der Waals surface area contributed by atoms with Crippen molar-refractivity contribution in [2.24, 2.45) is 0 Å². The van der Waals surface area contributed by atoms with Gasteiger partial charge in [0.15, 0.2) is 5.01 Å². The van der Waals surface area contributed by atoms with Crippen LogP contribution in [0, 0.1) is 0 Å². The third-order valence-electron chi connectivity index (χ3n) is 6.95. The number of aliphatic hydroxyl groups is 2. The molecule has 2 aliphatic rings. The van der Waals surface area contributed by atoms with E-state index in [1.807, 2.05) is 4.90 Å². The Morgan fingerprint density at radius 1 is 1.22 bits per heavy atom. The van der Waals surface area contributed by atoms with Gasteiger partial charge in [0.05, 0.1) is 28.1 Å². The van der Waals surface area contributed by atoms with Crippen LogP contribution in [0.15, 0.2) is 17.0 Å². The fourth-order valence-corrected chi connectivity index (χ4v) is 6.74. The molecule has 5 rings (SSSR count).